The molecule has 0 aliphatic heterocycles. The summed E-state index contributed by atoms with van der Waals surface area (Å²) in [5, 5.41) is 11.5. The lowest BCUT2D eigenvalue weighted by Gasteiger charge is -2.15. The second-order valence-electron chi connectivity index (χ2n) is 4.70. The van der Waals surface area contributed by atoms with Crippen LogP contribution in [0.1, 0.15) is 5.56 Å². The Morgan fingerprint density at radius 2 is 2.09 bits per heavy atom. The number of rotatable bonds is 6. The minimum Gasteiger partial charge on any atom is -0.493 e. The molecule has 0 radical (unpaired) electrons. The third-order valence-electron chi connectivity index (χ3n) is 2.84. The molecule has 0 aliphatic carbocycles. The molecule has 0 fully saturated rings. The van der Waals surface area contributed by atoms with Gasteiger partial charge in [-0.25, -0.2) is 4.68 Å². The Morgan fingerprint density at radius 1 is 1.39 bits per heavy atom. The van der Waals surface area contributed by atoms with Gasteiger partial charge in [0.15, 0.2) is 18.1 Å². The number of carbonyl (C=O) groups is 1. The van der Waals surface area contributed by atoms with Gasteiger partial charge in [0.25, 0.3) is 5.91 Å². The smallest absolute Gasteiger partial charge is 0.259 e. The first-order valence-electron chi connectivity index (χ1n) is 6.60. The summed E-state index contributed by atoms with van der Waals surface area (Å²) in [5.74, 6) is 0.817. The summed E-state index contributed by atoms with van der Waals surface area (Å²) in [6.45, 7) is -0.0733. The molecule has 0 N–H and O–H groups in total. The highest BCUT2D eigenvalue weighted by atomic mass is 79.9. The third-order valence-corrected chi connectivity index (χ3v) is 3.43. The average molecular weight is 382 g/mol. The molecule has 0 saturated carbocycles. The molecule has 23 heavy (non-hydrogen) atoms. The maximum Gasteiger partial charge on any atom is 0.259 e. The van der Waals surface area contributed by atoms with Crippen LogP contribution in [-0.2, 0) is 4.79 Å². The van der Waals surface area contributed by atoms with Crippen LogP contribution >= 0.6 is 15.9 Å². The van der Waals surface area contributed by atoms with E-state index in [1.165, 1.54) is 29.3 Å². The second-order valence-corrected chi connectivity index (χ2v) is 5.55. The molecule has 0 bridgehead atoms. The summed E-state index contributed by atoms with van der Waals surface area (Å²) in [6.07, 6.45) is 4.59. The van der Waals surface area contributed by atoms with Crippen LogP contribution in [0.5, 0.6) is 11.5 Å². The number of aromatic nitrogens is 3. The summed E-state index contributed by atoms with van der Waals surface area (Å²) in [5.41, 5.74) is 0.786. The van der Waals surface area contributed by atoms with Crippen LogP contribution in [0, 0.1) is 0 Å². The molecular weight excluding hydrogens is 366 g/mol. The molecule has 0 unspecified atom stereocenters. The van der Waals surface area contributed by atoms with E-state index in [0.717, 1.165) is 5.56 Å². The molecule has 8 nitrogen and oxygen atoms in total. The Balaban J connectivity index is 2.19. The summed E-state index contributed by atoms with van der Waals surface area (Å²) in [4.78, 5) is 13.1. The quantitative estimate of drug-likeness (QED) is 0.706. The largest absolute Gasteiger partial charge is 0.493 e. The van der Waals surface area contributed by atoms with Crippen molar-refractivity contribution in [3.05, 3.63) is 34.8 Å². The van der Waals surface area contributed by atoms with E-state index in [0.29, 0.717) is 16.0 Å². The second kappa shape index (κ2) is 7.73. The summed E-state index contributed by atoms with van der Waals surface area (Å²) in [6, 6.07) is 3.57. The molecule has 1 aromatic heterocycles. The highest BCUT2D eigenvalue weighted by Gasteiger charge is 2.13. The molecule has 122 valence electrons. The van der Waals surface area contributed by atoms with E-state index in [1.54, 1.807) is 26.4 Å². The van der Waals surface area contributed by atoms with Crippen LogP contribution in [0.3, 0.4) is 0 Å². The maximum atomic E-state index is 11.6. The van der Waals surface area contributed by atoms with Gasteiger partial charge in [0.05, 0.1) is 17.8 Å². The molecule has 0 spiro atoms. The van der Waals surface area contributed by atoms with E-state index in [4.69, 9.17) is 9.47 Å². The number of likely N-dealkylation sites (N-methyl/N-ethyl adjacent to an activating group) is 1. The number of amides is 1. The lowest BCUT2D eigenvalue weighted by molar-refractivity contribution is -0.130. The van der Waals surface area contributed by atoms with Crippen molar-refractivity contribution in [1.82, 2.24) is 19.8 Å². The summed E-state index contributed by atoms with van der Waals surface area (Å²) >= 11 is 3.42. The zero-order valence-electron chi connectivity index (χ0n) is 12.9. The summed E-state index contributed by atoms with van der Waals surface area (Å²) < 4.78 is 13.0. The Kier molecular flexibility index (Phi) is 5.69. The van der Waals surface area contributed by atoms with Crippen LogP contribution in [0.25, 0.3) is 0 Å². The van der Waals surface area contributed by atoms with Gasteiger partial charge in [0.2, 0.25) is 0 Å². The van der Waals surface area contributed by atoms with Gasteiger partial charge >= 0.3 is 0 Å². The van der Waals surface area contributed by atoms with Crippen molar-refractivity contribution in [2.75, 3.05) is 27.8 Å². The van der Waals surface area contributed by atoms with Crippen molar-refractivity contribution in [2.45, 2.75) is 0 Å². The van der Waals surface area contributed by atoms with Crippen LogP contribution in [0.2, 0.25) is 0 Å². The zero-order valence-corrected chi connectivity index (χ0v) is 14.5. The molecule has 1 aromatic carbocycles. The van der Waals surface area contributed by atoms with E-state index < -0.39 is 0 Å². The fourth-order valence-corrected chi connectivity index (χ4v) is 2.18. The lowest BCUT2D eigenvalue weighted by atomic mass is 10.2. The topological polar surface area (TPSA) is 81.8 Å². The molecule has 1 amide bonds. The van der Waals surface area contributed by atoms with E-state index >= 15 is 0 Å². The van der Waals surface area contributed by atoms with Gasteiger partial charge in [-0.05, 0) is 33.6 Å². The Labute approximate surface area is 141 Å². The highest BCUT2D eigenvalue weighted by Crippen LogP contribution is 2.36. The Hall–Kier alpha value is -2.42. The number of hydrogen-bond acceptors (Lipinski definition) is 6. The number of halogens is 1. The molecule has 0 atom stereocenters. The number of nitrogens with zero attached hydrogens (tertiary/aromatic N) is 5. The van der Waals surface area contributed by atoms with E-state index in [-0.39, 0.29) is 12.5 Å². The van der Waals surface area contributed by atoms with Crippen molar-refractivity contribution in [2.24, 2.45) is 5.10 Å². The molecule has 2 aromatic rings. The molecular formula is C14H16BrN5O3. The Morgan fingerprint density at radius 3 is 2.70 bits per heavy atom. The van der Waals surface area contributed by atoms with Crippen molar-refractivity contribution >= 4 is 28.1 Å². The van der Waals surface area contributed by atoms with Crippen LogP contribution < -0.4 is 9.47 Å². The van der Waals surface area contributed by atoms with Gasteiger partial charge < -0.3 is 14.4 Å². The van der Waals surface area contributed by atoms with Gasteiger partial charge in [-0.3, -0.25) is 4.79 Å². The van der Waals surface area contributed by atoms with Crippen molar-refractivity contribution in [1.29, 1.82) is 0 Å². The monoisotopic (exact) mass is 381 g/mol. The van der Waals surface area contributed by atoms with Gasteiger partial charge in [-0.2, -0.15) is 5.10 Å². The van der Waals surface area contributed by atoms with Crippen LogP contribution in [0.4, 0.5) is 0 Å². The first-order chi connectivity index (χ1) is 11.0. The van der Waals surface area contributed by atoms with Crippen molar-refractivity contribution in [3.8, 4) is 11.5 Å². The highest BCUT2D eigenvalue weighted by molar-refractivity contribution is 9.10. The molecule has 9 heteroatoms. The van der Waals surface area contributed by atoms with Crippen molar-refractivity contribution in [3.63, 3.8) is 0 Å². The number of benzene rings is 1. The number of ether oxygens (including phenoxy) is 2. The predicted octanol–water partition coefficient (Wildman–Crippen LogP) is 1.40. The van der Waals surface area contributed by atoms with Crippen molar-refractivity contribution < 1.29 is 14.3 Å². The van der Waals surface area contributed by atoms with Gasteiger partial charge in [-0.1, -0.05) is 0 Å². The lowest BCUT2D eigenvalue weighted by Crippen LogP contribution is -2.27. The fourth-order valence-electron chi connectivity index (χ4n) is 1.61. The number of hydrogen-bond donors (Lipinski definition) is 0. The SMILES string of the molecule is COc1cc(/C=N\n2cnnc2)cc(Br)c1OCC(=O)N(C)C. The molecule has 0 aliphatic rings. The molecule has 1 heterocycles. The van der Waals surface area contributed by atoms with Gasteiger partial charge in [-0.15, -0.1) is 10.2 Å². The first-order valence-corrected chi connectivity index (χ1v) is 7.40. The third kappa shape index (κ3) is 4.52. The average Bonchev–Trinajstić information content (AvgIpc) is 3.04. The van der Waals surface area contributed by atoms with Gasteiger partial charge in [0.1, 0.15) is 12.7 Å². The summed E-state index contributed by atoms with van der Waals surface area (Å²) in [7, 11) is 4.87. The number of carbonyl (C=O) groups excluding carboxylic acids is 1. The Bertz CT molecular complexity index is 701. The maximum absolute atomic E-state index is 11.6. The minimum absolute atomic E-state index is 0.0733. The first kappa shape index (κ1) is 16.9. The molecule has 2 rings (SSSR count). The molecule has 0 saturated heterocycles. The predicted molar refractivity (Wildman–Crippen MR) is 87.9 cm³/mol. The van der Waals surface area contributed by atoms with Crippen LogP contribution in [-0.4, -0.2) is 59.7 Å². The van der Waals surface area contributed by atoms with E-state index in [2.05, 4.69) is 31.2 Å². The normalized spacial score (nSPS) is 10.8. The fraction of sp³-hybridized carbons (Fsp3) is 0.286. The van der Waals surface area contributed by atoms with Crippen LogP contribution in [0.15, 0.2) is 34.4 Å². The zero-order chi connectivity index (χ0) is 16.8. The minimum atomic E-state index is -0.141. The number of methoxy groups -OCH3 is 1. The van der Waals surface area contributed by atoms with E-state index in [1.807, 2.05) is 6.07 Å². The standard InChI is InChI=1S/C14H16BrN5O3/c1-19(2)13(21)7-23-14-11(15)4-10(5-12(14)22-3)6-18-20-8-16-17-9-20/h4-6,8-9H,7H2,1-3H3/b18-6-. The van der Waals surface area contributed by atoms with E-state index in [9.17, 15) is 4.79 Å². The van der Waals surface area contributed by atoms with Gasteiger partial charge in [0, 0.05) is 14.1 Å².